The molecule has 0 fully saturated rings. The van der Waals surface area contributed by atoms with Gasteiger partial charge in [0.15, 0.2) is 0 Å². The molecule has 0 spiro atoms. The molecule has 0 rings (SSSR count). The Morgan fingerprint density at radius 1 is 0.556 bits per heavy atom. The van der Waals surface area contributed by atoms with Gasteiger partial charge in [-0.05, 0) is 57.8 Å². The van der Waals surface area contributed by atoms with E-state index in [9.17, 15) is 19.2 Å². The van der Waals surface area contributed by atoms with Gasteiger partial charge in [-0.3, -0.25) is 19.2 Å². The molecule has 206 valence electrons. The molecule has 0 amide bonds. The Kier molecular flexibility index (Phi) is 26.6. The predicted octanol–water partition coefficient (Wildman–Crippen LogP) is 4.10. The Morgan fingerprint density at radius 3 is 1.39 bits per heavy atom. The van der Waals surface area contributed by atoms with Crippen LogP contribution >= 0.6 is 0 Å². The number of rotatable bonds is 22. The van der Waals surface area contributed by atoms with E-state index in [0.29, 0.717) is 32.1 Å². The van der Waals surface area contributed by atoms with Crippen LogP contribution in [0.25, 0.3) is 0 Å². The van der Waals surface area contributed by atoms with Crippen molar-refractivity contribution in [3.8, 4) is 0 Å². The molecule has 0 aliphatic heterocycles. The molecule has 0 saturated heterocycles. The average Bonchev–Trinajstić information content (AvgIpc) is 2.78. The van der Waals surface area contributed by atoms with Crippen LogP contribution in [0.1, 0.15) is 145 Å². The molecular formula is C28H51NaO7. The number of carbonyl (C=O) groups excluding carboxylic acids is 4. The molecule has 0 aromatic heterocycles. The molecule has 0 bridgehead atoms. The second-order valence-electron chi connectivity index (χ2n) is 9.42. The quantitative estimate of drug-likeness (QED) is 0.0694. The van der Waals surface area contributed by atoms with Crippen LogP contribution in [0.5, 0.6) is 0 Å². The Bertz CT molecular complexity index is 601. The van der Waals surface area contributed by atoms with Crippen LogP contribution in [0.4, 0.5) is 0 Å². The van der Waals surface area contributed by atoms with E-state index in [0.717, 1.165) is 70.6 Å². The van der Waals surface area contributed by atoms with E-state index in [4.69, 9.17) is 14.2 Å². The first-order chi connectivity index (χ1) is 16.8. The van der Waals surface area contributed by atoms with Crippen molar-refractivity contribution in [1.29, 1.82) is 0 Å². The van der Waals surface area contributed by atoms with Gasteiger partial charge in [-0.2, -0.15) is 0 Å². The van der Waals surface area contributed by atoms with Gasteiger partial charge in [0.2, 0.25) is 0 Å². The van der Waals surface area contributed by atoms with Crippen LogP contribution in [0, 0.1) is 0 Å². The molecule has 2 atom stereocenters. The summed E-state index contributed by atoms with van der Waals surface area (Å²) in [5.41, 5.74) is 0. The molecule has 0 radical (unpaired) electrons. The van der Waals surface area contributed by atoms with Crippen molar-refractivity contribution in [2.75, 3.05) is 0 Å². The number of hydrogen-bond acceptors (Lipinski definition) is 7. The SMILES string of the molecule is CCCCCC(=O)OC(CCCCC)CCCC(=O)OC(=O)CCCC(CCCCC)OC(C)=O.[H-].[Na+]. The van der Waals surface area contributed by atoms with E-state index in [1.165, 1.54) is 6.92 Å². The molecule has 0 aliphatic rings. The Balaban J connectivity index is -0.00000578. The first-order valence-corrected chi connectivity index (χ1v) is 13.9. The Hall–Kier alpha value is -0.920. The molecule has 0 N–H and O–H groups in total. The van der Waals surface area contributed by atoms with E-state index in [2.05, 4.69) is 20.8 Å². The maximum Gasteiger partial charge on any atom is 1.00 e. The van der Waals surface area contributed by atoms with Crippen molar-refractivity contribution in [1.82, 2.24) is 0 Å². The summed E-state index contributed by atoms with van der Waals surface area (Å²) in [4.78, 5) is 47.5. The number of unbranched alkanes of at least 4 members (excludes halogenated alkanes) is 6. The zero-order valence-electron chi connectivity index (χ0n) is 24.7. The summed E-state index contributed by atoms with van der Waals surface area (Å²) in [7, 11) is 0. The van der Waals surface area contributed by atoms with Gasteiger partial charge in [0.25, 0.3) is 0 Å². The van der Waals surface area contributed by atoms with E-state index in [-0.39, 0.29) is 68.0 Å². The van der Waals surface area contributed by atoms with Gasteiger partial charge < -0.3 is 15.6 Å². The van der Waals surface area contributed by atoms with Crippen LogP contribution in [0.2, 0.25) is 0 Å². The summed E-state index contributed by atoms with van der Waals surface area (Å²) in [5.74, 6) is -1.58. The summed E-state index contributed by atoms with van der Waals surface area (Å²) in [5, 5.41) is 0. The van der Waals surface area contributed by atoms with Crippen LogP contribution < -0.4 is 29.6 Å². The minimum Gasteiger partial charge on any atom is -1.00 e. The van der Waals surface area contributed by atoms with Crippen LogP contribution in [0.3, 0.4) is 0 Å². The van der Waals surface area contributed by atoms with Gasteiger partial charge >= 0.3 is 53.4 Å². The van der Waals surface area contributed by atoms with Crippen LogP contribution in [-0.2, 0) is 33.4 Å². The Morgan fingerprint density at radius 2 is 0.944 bits per heavy atom. The molecular weight excluding hydrogens is 471 g/mol. The number of ether oxygens (including phenoxy) is 3. The van der Waals surface area contributed by atoms with Crippen LogP contribution in [-0.4, -0.2) is 36.1 Å². The molecule has 2 unspecified atom stereocenters. The van der Waals surface area contributed by atoms with Crippen molar-refractivity contribution in [2.45, 2.75) is 155 Å². The van der Waals surface area contributed by atoms with Gasteiger partial charge in [0.05, 0.1) is 0 Å². The maximum absolute atomic E-state index is 12.1. The fourth-order valence-electron chi connectivity index (χ4n) is 3.94. The van der Waals surface area contributed by atoms with Crippen molar-refractivity contribution in [2.24, 2.45) is 0 Å². The van der Waals surface area contributed by atoms with E-state index >= 15 is 0 Å². The normalized spacial score (nSPS) is 12.2. The smallest absolute Gasteiger partial charge is 1.00 e. The molecule has 7 nitrogen and oxygen atoms in total. The molecule has 0 aliphatic carbocycles. The zero-order valence-corrected chi connectivity index (χ0v) is 25.7. The number of hydrogen-bond donors (Lipinski definition) is 0. The minimum absolute atomic E-state index is 0. The summed E-state index contributed by atoms with van der Waals surface area (Å²) >= 11 is 0. The Labute approximate surface area is 242 Å². The zero-order chi connectivity index (χ0) is 26.3. The standard InChI is InChI=1S/C28H50O7.Na.H/c1-5-8-11-16-24(33-23(4)29)18-14-21-27(31)35-28(32)22-15-19-25(17-12-9-6-2)34-26(30)20-13-10-7-3;;/h24-25H,5-22H2,1-4H3;;/q;+1;-1. The second-order valence-corrected chi connectivity index (χ2v) is 9.42. The van der Waals surface area contributed by atoms with Crippen molar-refractivity contribution < 1.29 is 64.4 Å². The van der Waals surface area contributed by atoms with Crippen LogP contribution in [0.15, 0.2) is 0 Å². The summed E-state index contributed by atoms with van der Waals surface area (Å²) in [6.45, 7) is 7.72. The molecule has 0 aromatic rings. The first kappa shape index (κ1) is 37.2. The van der Waals surface area contributed by atoms with E-state index in [1.54, 1.807) is 0 Å². The second kappa shape index (κ2) is 25.7. The predicted molar refractivity (Wildman–Crippen MR) is 138 cm³/mol. The first-order valence-electron chi connectivity index (χ1n) is 13.9. The van der Waals surface area contributed by atoms with Gasteiger partial charge in [-0.25, -0.2) is 0 Å². The topological polar surface area (TPSA) is 96.0 Å². The van der Waals surface area contributed by atoms with Gasteiger partial charge in [0, 0.05) is 26.2 Å². The minimum atomic E-state index is -0.549. The third kappa shape index (κ3) is 23.5. The summed E-state index contributed by atoms with van der Waals surface area (Å²) < 4.78 is 15.9. The number of esters is 4. The monoisotopic (exact) mass is 522 g/mol. The average molecular weight is 523 g/mol. The largest absolute Gasteiger partial charge is 1.00 e. The maximum atomic E-state index is 12.1. The fraction of sp³-hybridized carbons (Fsp3) is 0.857. The van der Waals surface area contributed by atoms with Crippen molar-refractivity contribution in [3.05, 3.63) is 0 Å². The third-order valence-corrected chi connectivity index (χ3v) is 5.92. The fourth-order valence-corrected chi connectivity index (χ4v) is 3.94. The summed E-state index contributed by atoms with van der Waals surface area (Å²) in [6.07, 6.45) is 13.2. The number of carbonyl (C=O) groups is 4. The van der Waals surface area contributed by atoms with Crippen molar-refractivity contribution >= 4 is 23.9 Å². The van der Waals surface area contributed by atoms with Crippen molar-refractivity contribution in [3.63, 3.8) is 0 Å². The van der Waals surface area contributed by atoms with Gasteiger partial charge in [-0.15, -0.1) is 0 Å². The van der Waals surface area contributed by atoms with Gasteiger partial charge in [-0.1, -0.05) is 59.3 Å². The molecule has 0 saturated carbocycles. The van der Waals surface area contributed by atoms with E-state index < -0.39 is 11.9 Å². The third-order valence-electron chi connectivity index (χ3n) is 5.92. The molecule has 36 heavy (non-hydrogen) atoms. The molecule has 0 heterocycles. The molecule has 0 aromatic carbocycles. The van der Waals surface area contributed by atoms with E-state index in [1.807, 2.05) is 0 Å². The summed E-state index contributed by atoms with van der Waals surface area (Å²) in [6, 6.07) is 0. The molecule has 8 heteroatoms. The van der Waals surface area contributed by atoms with Gasteiger partial charge in [0.1, 0.15) is 12.2 Å².